The van der Waals surface area contributed by atoms with E-state index >= 15 is 0 Å². The van der Waals surface area contributed by atoms with E-state index in [4.69, 9.17) is 12.6 Å². The Hall–Kier alpha value is -3.51. The van der Waals surface area contributed by atoms with Gasteiger partial charge in [-0.3, -0.25) is 0 Å². The number of pyridine rings is 3. The van der Waals surface area contributed by atoms with Crippen LogP contribution in [0.4, 0.5) is 4.39 Å². The molecular formula is C35H34FIrN3OSi-2. The minimum Gasteiger partial charge on any atom is -0.486 e. The Balaban J connectivity index is 0.000000212. The van der Waals surface area contributed by atoms with Crippen LogP contribution in [0.3, 0.4) is 0 Å². The number of benzene rings is 2. The Morgan fingerprint density at radius 3 is 2.43 bits per heavy atom. The van der Waals surface area contributed by atoms with Crippen LogP contribution >= 0.6 is 0 Å². The number of hydrogen-bond acceptors (Lipinski definition) is 4. The predicted molar refractivity (Wildman–Crippen MR) is 169 cm³/mol. The van der Waals surface area contributed by atoms with Gasteiger partial charge in [-0.2, -0.15) is 0 Å². The van der Waals surface area contributed by atoms with E-state index in [0.29, 0.717) is 44.8 Å². The maximum atomic E-state index is 14.1. The molecule has 4 aromatic heterocycles. The number of hydrogen-bond donors (Lipinski definition) is 0. The third-order valence-electron chi connectivity index (χ3n) is 6.79. The summed E-state index contributed by atoms with van der Waals surface area (Å²) in [5.41, 5.74) is 5.11. The minimum absolute atomic E-state index is 0. The molecule has 0 unspecified atom stereocenters. The average Bonchev–Trinajstić information content (AvgIpc) is 3.40. The van der Waals surface area contributed by atoms with Crippen LogP contribution in [0.25, 0.3) is 44.6 Å². The van der Waals surface area contributed by atoms with E-state index in [9.17, 15) is 4.39 Å². The van der Waals surface area contributed by atoms with Crippen LogP contribution < -0.4 is 5.19 Å². The van der Waals surface area contributed by atoms with Crippen molar-refractivity contribution in [2.75, 3.05) is 0 Å². The molecule has 0 fully saturated rings. The molecule has 2 aromatic carbocycles. The molecule has 0 amide bonds. The molecular weight excluding hydrogens is 718 g/mol. The van der Waals surface area contributed by atoms with Crippen LogP contribution in [0.2, 0.25) is 19.6 Å². The molecule has 1 radical (unpaired) electrons. The van der Waals surface area contributed by atoms with Crippen molar-refractivity contribution >= 4 is 35.3 Å². The largest absolute Gasteiger partial charge is 0.486 e. The number of fused-ring (bicyclic) bond motifs is 3. The molecule has 42 heavy (non-hydrogen) atoms. The molecule has 7 heteroatoms. The summed E-state index contributed by atoms with van der Waals surface area (Å²) >= 11 is 0. The van der Waals surface area contributed by atoms with E-state index in [-0.39, 0.29) is 31.5 Å². The second-order valence-corrected chi connectivity index (χ2v) is 16.2. The molecule has 4 nitrogen and oxygen atoms in total. The van der Waals surface area contributed by atoms with Gasteiger partial charge in [0.25, 0.3) is 0 Å². The summed E-state index contributed by atoms with van der Waals surface area (Å²) in [5.74, 6) is 0.0560. The number of aromatic nitrogens is 3. The van der Waals surface area contributed by atoms with Crippen LogP contribution in [-0.2, 0) is 20.1 Å². The van der Waals surface area contributed by atoms with E-state index in [0.717, 1.165) is 16.4 Å². The van der Waals surface area contributed by atoms with Gasteiger partial charge in [-0.1, -0.05) is 74.5 Å². The van der Waals surface area contributed by atoms with Gasteiger partial charge in [0, 0.05) is 46.9 Å². The summed E-state index contributed by atoms with van der Waals surface area (Å²) in [4.78, 5) is 12.9. The molecule has 0 aliphatic heterocycles. The van der Waals surface area contributed by atoms with Crippen molar-refractivity contribution in [2.45, 2.75) is 53.1 Å². The van der Waals surface area contributed by atoms with Gasteiger partial charge >= 0.3 is 0 Å². The summed E-state index contributed by atoms with van der Waals surface area (Å²) in [6, 6.07) is 21.1. The van der Waals surface area contributed by atoms with E-state index in [1.54, 1.807) is 36.7 Å². The summed E-state index contributed by atoms with van der Waals surface area (Å²) < 4.78 is 65.5. The normalized spacial score (nSPS) is 14.1. The second kappa shape index (κ2) is 12.8. The van der Waals surface area contributed by atoms with E-state index in [1.807, 2.05) is 12.1 Å². The molecule has 217 valence electrons. The Morgan fingerprint density at radius 2 is 1.74 bits per heavy atom. The number of halogens is 1. The first-order valence-corrected chi connectivity index (χ1v) is 16.8. The fourth-order valence-corrected chi connectivity index (χ4v) is 5.87. The zero-order valence-electron chi connectivity index (χ0n) is 30.0. The molecule has 0 saturated carbocycles. The zero-order chi connectivity index (χ0) is 34.3. The van der Waals surface area contributed by atoms with Crippen molar-refractivity contribution in [2.24, 2.45) is 0 Å². The first-order chi connectivity index (χ1) is 21.9. The van der Waals surface area contributed by atoms with Crippen molar-refractivity contribution < 1.29 is 37.1 Å². The van der Waals surface area contributed by atoms with Crippen molar-refractivity contribution in [1.82, 2.24) is 15.0 Å². The van der Waals surface area contributed by atoms with Gasteiger partial charge in [-0.25, -0.2) is 9.37 Å². The number of aryl methyl sites for hydroxylation is 2. The van der Waals surface area contributed by atoms with Gasteiger partial charge in [0.15, 0.2) is 0 Å². The average molecular weight is 758 g/mol. The summed E-state index contributed by atoms with van der Waals surface area (Å²) in [7, 11) is -1.85. The van der Waals surface area contributed by atoms with Crippen LogP contribution in [0, 0.1) is 31.7 Å². The molecule has 6 aromatic rings. The first-order valence-electron chi connectivity index (χ1n) is 16.3. The summed E-state index contributed by atoms with van der Waals surface area (Å²) in [6.07, 6.45) is 4.83. The number of rotatable bonds is 4. The third-order valence-corrected chi connectivity index (χ3v) is 8.80. The van der Waals surface area contributed by atoms with Crippen molar-refractivity contribution in [1.29, 1.82) is 0 Å². The Bertz CT molecular complexity index is 2060. The SMILES string of the molecule is CC(C)c1ccnc(-c2[c-]ccc3c2oc2nccc(F)c23)c1.[2H]C([2H])([2H])c1c[c-]c(-c2cc(C([2H])([2H])[2H])c([Si](C)(C)C)cn2)cc1.[Ir]. The summed E-state index contributed by atoms with van der Waals surface area (Å²) in [6.45, 7) is 6.09. The zero-order valence-corrected chi connectivity index (χ0v) is 27.4. The molecule has 0 aliphatic rings. The second-order valence-electron chi connectivity index (χ2n) is 11.2. The molecule has 4 heterocycles. The van der Waals surface area contributed by atoms with Crippen molar-refractivity contribution in [3.05, 3.63) is 108 Å². The van der Waals surface area contributed by atoms with Crippen molar-refractivity contribution in [3.63, 3.8) is 0 Å². The standard InChI is InChI=1S/C19H14FN2O.C16H20NSi.Ir/c1-11(2)12-6-8-21-16(10-12)13-4-3-5-14-17-15(20)7-9-22-19(17)23-18(13)14;1-12-6-8-14(9-7-12)15-10-13(2)16(11-17-15)18(3,4)5;/h3,5-11H,1-2H3;6-8,10-11H,1-5H3;/q2*-1;/i;1D3,2D3;. The van der Waals surface area contributed by atoms with Gasteiger partial charge in [-0.15, -0.1) is 53.6 Å². The maximum Gasteiger partial charge on any atom is 0.219 e. The van der Waals surface area contributed by atoms with E-state index < -0.39 is 21.8 Å². The number of nitrogens with zero attached hydrogens (tertiary/aromatic N) is 3. The van der Waals surface area contributed by atoms with Crippen molar-refractivity contribution in [3.8, 4) is 22.5 Å². The van der Waals surface area contributed by atoms with Crippen LogP contribution in [0.1, 0.15) is 44.7 Å². The molecule has 0 atom stereocenters. The topological polar surface area (TPSA) is 51.8 Å². The van der Waals surface area contributed by atoms with Gasteiger partial charge in [0.05, 0.1) is 19.0 Å². The van der Waals surface area contributed by atoms with Crippen LogP contribution in [-0.4, -0.2) is 23.0 Å². The predicted octanol–water partition coefficient (Wildman–Crippen LogP) is 8.81. The fourth-order valence-electron chi connectivity index (χ4n) is 4.54. The Labute approximate surface area is 270 Å². The maximum absolute atomic E-state index is 14.1. The van der Waals surface area contributed by atoms with E-state index in [2.05, 4.69) is 60.6 Å². The Kier molecular flexibility index (Phi) is 7.30. The molecule has 0 bridgehead atoms. The van der Waals surface area contributed by atoms with Crippen LogP contribution in [0.15, 0.2) is 77.6 Å². The first kappa shape index (κ1) is 24.0. The fraction of sp³-hybridized carbons (Fsp3) is 0.229. The number of furan rings is 1. The molecule has 0 saturated heterocycles. The van der Waals surface area contributed by atoms with Gasteiger partial charge in [-0.05, 0) is 41.5 Å². The van der Waals surface area contributed by atoms with Gasteiger partial charge in [0.1, 0.15) is 5.82 Å². The quantitative estimate of drug-likeness (QED) is 0.133. The molecule has 0 spiro atoms. The summed E-state index contributed by atoms with van der Waals surface area (Å²) in [5, 5.41) is 1.90. The third kappa shape index (κ3) is 6.59. The minimum atomic E-state index is -2.22. The Morgan fingerprint density at radius 1 is 0.929 bits per heavy atom. The molecule has 6 rings (SSSR count). The molecule has 0 aliphatic carbocycles. The van der Waals surface area contributed by atoms with E-state index in [1.165, 1.54) is 30.0 Å². The molecule has 0 N–H and O–H groups in total. The van der Waals surface area contributed by atoms with Gasteiger partial charge < -0.3 is 14.4 Å². The van der Waals surface area contributed by atoms with Crippen LogP contribution in [0.5, 0.6) is 0 Å². The smallest absolute Gasteiger partial charge is 0.219 e. The monoisotopic (exact) mass is 758 g/mol. The van der Waals surface area contributed by atoms with Gasteiger partial charge in [0.2, 0.25) is 5.71 Å².